The Balaban J connectivity index is 2.98. The minimum Gasteiger partial charge on any atom is -0.303 e. The van der Waals surface area contributed by atoms with Crippen LogP contribution in [0.2, 0.25) is 0 Å². The molecule has 2 nitrogen and oxygen atoms in total. The van der Waals surface area contributed by atoms with Gasteiger partial charge in [0.05, 0.1) is 11.9 Å². The van der Waals surface area contributed by atoms with Crippen molar-refractivity contribution in [2.45, 2.75) is 6.42 Å². The number of hydrogen-bond acceptors (Lipinski definition) is 2. The first-order valence-electron chi connectivity index (χ1n) is 2.97. The Kier molecular flexibility index (Phi) is 2.70. The summed E-state index contributed by atoms with van der Waals surface area (Å²) in [5, 5.41) is 0. The minimum absolute atomic E-state index is 0.209. The monoisotopic (exact) mass is 217 g/mol. The topological polar surface area (TPSA) is 30.0 Å². The first-order chi connectivity index (χ1) is 5.24. The number of aromatic nitrogens is 1. The van der Waals surface area contributed by atoms with Crippen LogP contribution in [-0.4, -0.2) is 11.3 Å². The van der Waals surface area contributed by atoms with Crippen LogP contribution >= 0.6 is 15.9 Å². The number of aldehydes is 1. The summed E-state index contributed by atoms with van der Waals surface area (Å²) in [6.07, 6.45) is 2.02. The molecule has 0 saturated carbocycles. The molecule has 0 amide bonds. The molecule has 1 heterocycles. The van der Waals surface area contributed by atoms with Crippen molar-refractivity contribution in [2.75, 3.05) is 0 Å². The number of hydrogen-bond donors (Lipinski definition) is 0. The van der Waals surface area contributed by atoms with Crippen molar-refractivity contribution in [3.05, 3.63) is 28.2 Å². The van der Waals surface area contributed by atoms with Crippen LogP contribution in [0.4, 0.5) is 4.39 Å². The van der Waals surface area contributed by atoms with E-state index >= 15 is 0 Å². The van der Waals surface area contributed by atoms with Gasteiger partial charge >= 0.3 is 0 Å². The molecule has 11 heavy (non-hydrogen) atoms. The lowest BCUT2D eigenvalue weighted by atomic mass is 10.3. The van der Waals surface area contributed by atoms with Gasteiger partial charge in [-0.15, -0.1) is 0 Å². The number of pyridine rings is 1. The van der Waals surface area contributed by atoms with Crippen molar-refractivity contribution in [3.8, 4) is 0 Å². The molecule has 0 atom stereocenters. The molecule has 0 aliphatic carbocycles. The summed E-state index contributed by atoms with van der Waals surface area (Å²) in [5.74, 6) is -0.411. The fourth-order valence-electron chi connectivity index (χ4n) is 0.672. The average Bonchev–Trinajstić information content (AvgIpc) is 1.95. The maximum atomic E-state index is 12.4. The molecule has 0 saturated heterocycles. The molecule has 0 unspecified atom stereocenters. The van der Waals surface area contributed by atoms with E-state index in [-0.39, 0.29) is 6.42 Å². The van der Waals surface area contributed by atoms with Gasteiger partial charge in [-0.2, -0.15) is 0 Å². The van der Waals surface area contributed by atoms with Crippen molar-refractivity contribution in [1.82, 2.24) is 4.98 Å². The van der Waals surface area contributed by atoms with Crippen LogP contribution in [0, 0.1) is 5.82 Å². The molecule has 0 aliphatic heterocycles. The third-order valence-corrected chi connectivity index (χ3v) is 1.85. The average molecular weight is 218 g/mol. The SMILES string of the molecule is O=CCc1ncc(F)cc1Br. The van der Waals surface area contributed by atoms with E-state index in [1.54, 1.807) is 0 Å². The highest BCUT2D eigenvalue weighted by molar-refractivity contribution is 9.10. The third-order valence-electron chi connectivity index (χ3n) is 1.16. The molecule has 58 valence electrons. The Morgan fingerprint density at radius 1 is 1.73 bits per heavy atom. The van der Waals surface area contributed by atoms with Gasteiger partial charge in [-0.3, -0.25) is 4.98 Å². The van der Waals surface area contributed by atoms with E-state index in [0.29, 0.717) is 10.2 Å². The summed E-state index contributed by atoms with van der Waals surface area (Å²) < 4.78 is 12.9. The number of halogens is 2. The fourth-order valence-corrected chi connectivity index (χ4v) is 1.15. The molecule has 0 aliphatic rings. The molecular weight excluding hydrogens is 213 g/mol. The number of carbonyl (C=O) groups excluding carboxylic acids is 1. The predicted octanol–water partition coefficient (Wildman–Crippen LogP) is 1.72. The molecule has 0 N–H and O–H groups in total. The minimum atomic E-state index is -0.411. The summed E-state index contributed by atoms with van der Waals surface area (Å²) in [6, 6.07) is 1.28. The van der Waals surface area contributed by atoms with E-state index < -0.39 is 5.82 Å². The first kappa shape index (κ1) is 8.33. The summed E-state index contributed by atoms with van der Waals surface area (Å²) in [5.41, 5.74) is 0.557. The van der Waals surface area contributed by atoms with E-state index in [9.17, 15) is 9.18 Å². The zero-order valence-corrected chi connectivity index (χ0v) is 7.14. The lowest BCUT2D eigenvalue weighted by Gasteiger charge is -1.96. The first-order valence-corrected chi connectivity index (χ1v) is 3.77. The lowest BCUT2D eigenvalue weighted by Crippen LogP contribution is -1.93. The molecule has 0 aromatic carbocycles. The highest BCUT2D eigenvalue weighted by Gasteiger charge is 2.01. The van der Waals surface area contributed by atoms with Crippen LogP contribution in [0.3, 0.4) is 0 Å². The normalized spacial score (nSPS) is 9.64. The van der Waals surface area contributed by atoms with Crippen LogP contribution in [0.5, 0.6) is 0 Å². The smallest absolute Gasteiger partial charge is 0.142 e. The summed E-state index contributed by atoms with van der Waals surface area (Å²) in [4.78, 5) is 13.8. The van der Waals surface area contributed by atoms with Gasteiger partial charge in [0.15, 0.2) is 0 Å². The Labute approximate surface area is 71.6 Å². The fraction of sp³-hybridized carbons (Fsp3) is 0.143. The van der Waals surface area contributed by atoms with Crippen LogP contribution in [-0.2, 0) is 11.2 Å². The molecule has 0 bridgehead atoms. The molecule has 1 aromatic heterocycles. The second-order valence-electron chi connectivity index (χ2n) is 1.95. The standard InChI is InChI=1S/C7H5BrFNO/c8-6-3-5(9)4-10-7(6)1-2-11/h2-4H,1H2. The second kappa shape index (κ2) is 3.57. The molecule has 1 aromatic rings. The molecule has 0 spiro atoms. The van der Waals surface area contributed by atoms with Crippen LogP contribution in [0.25, 0.3) is 0 Å². The highest BCUT2D eigenvalue weighted by atomic mass is 79.9. The number of rotatable bonds is 2. The number of carbonyl (C=O) groups is 1. The molecular formula is C7H5BrFNO. The van der Waals surface area contributed by atoms with Crippen LogP contribution < -0.4 is 0 Å². The maximum Gasteiger partial charge on any atom is 0.142 e. The van der Waals surface area contributed by atoms with Gasteiger partial charge in [-0.25, -0.2) is 4.39 Å². The van der Waals surface area contributed by atoms with Gasteiger partial charge < -0.3 is 4.79 Å². The van der Waals surface area contributed by atoms with Gasteiger partial charge in [-0.05, 0) is 22.0 Å². The van der Waals surface area contributed by atoms with Gasteiger partial charge in [0.25, 0.3) is 0 Å². The van der Waals surface area contributed by atoms with Crippen molar-refractivity contribution < 1.29 is 9.18 Å². The van der Waals surface area contributed by atoms with Crippen LogP contribution in [0.1, 0.15) is 5.69 Å². The largest absolute Gasteiger partial charge is 0.303 e. The Morgan fingerprint density at radius 3 is 3.00 bits per heavy atom. The Morgan fingerprint density at radius 2 is 2.45 bits per heavy atom. The molecule has 1 rings (SSSR count). The van der Waals surface area contributed by atoms with E-state index in [4.69, 9.17) is 0 Å². The Bertz CT molecular complexity index is 277. The summed E-state index contributed by atoms with van der Waals surface area (Å²) >= 11 is 3.09. The van der Waals surface area contributed by atoms with Crippen molar-refractivity contribution in [3.63, 3.8) is 0 Å². The van der Waals surface area contributed by atoms with E-state index in [1.165, 1.54) is 6.07 Å². The van der Waals surface area contributed by atoms with E-state index in [2.05, 4.69) is 20.9 Å². The van der Waals surface area contributed by atoms with E-state index in [1.807, 2.05) is 0 Å². The quantitative estimate of drug-likeness (QED) is 0.707. The maximum absolute atomic E-state index is 12.4. The third kappa shape index (κ3) is 2.08. The van der Waals surface area contributed by atoms with Gasteiger partial charge in [0.2, 0.25) is 0 Å². The van der Waals surface area contributed by atoms with Crippen molar-refractivity contribution in [2.24, 2.45) is 0 Å². The van der Waals surface area contributed by atoms with Gasteiger partial charge in [0, 0.05) is 10.9 Å². The lowest BCUT2D eigenvalue weighted by molar-refractivity contribution is -0.107. The van der Waals surface area contributed by atoms with Crippen molar-refractivity contribution in [1.29, 1.82) is 0 Å². The molecule has 0 radical (unpaired) electrons. The van der Waals surface area contributed by atoms with Gasteiger partial charge in [-0.1, -0.05) is 0 Å². The molecule has 0 fully saturated rings. The zero-order chi connectivity index (χ0) is 8.27. The predicted molar refractivity (Wildman–Crippen MR) is 41.7 cm³/mol. The number of nitrogens with zero attached hydrogens (tertiary/aromatic N) is 1. The van der Waals surface area contributed by atoms with Crippen molar-refractivity contribution >= 4 is 22.2 Å². The highest BCUT2D eigenvalue weighted by Crippen LogP contribution is 2.14. The Hall–Kier alpha value is -0.770. The second-order valence-corrected chi connectivity index (χ2v) is 2.81. The zero-order valence-electron chi connectivity index (χ0n) is 5.55. The summed E-state index contributed by atoms with van der Waals surface area (Å²) in [6.45, 7) is 0. The molecule has 4 heteroatoms. The summed E-state index contributed by atoms with van der Waals surface area (Å²) in [7, 11) is 0. The van der Waals surface area contributed by atoms with Gasteiger partial charge in [0.1, 0.15) is 12.1 Å². The van der Waals surface area contributed by atoms with Crippen LogP contribution in [0.15, 0.2) is 16.7 Å². The van der Waals surface area contributed by atoms with E-state index in [0.717, 1.165) is 12.5 Å².